The molecule has 0 unspecified atom stereocenters. The van der Waals surface area contributed by atoms with Crippen LogP contribution in [-0.4, -0.2) is 47.0 Å². The molecule has 0 saturated carbocycles. The van der Waals surface area contributed by atoms with Gasteiger partial charge in [-0.3, -0.25) is 19.5 Å². The first-order valence-electron chi connectivity index (χ1n) is 9.70. The molecular formula is C20H28N4O4S. The number of thioether (sulfide) groups is 1. The minimum atomic E-state index is -0.523. The van der Waals surface area contributed by atoms with Crippen molar-refractivity contribution >= 4 is 34.6 Å². The Bertz CT molecular complexity index is 898. The van der Waals surface area contributed by atoms with Crippen molar-refractivity contribution in [3.63, 3.8) is 0 Å². The number of benzene rings is 1. The molecule has 0 atom stereocenters. The zero-order valence-corrected chi connectivity index (χ0v) is 17.9. The van der Waals surface area contributed by atoms with E-state index >= 15 is 0 Å². The molecule has 8 nitrogen and oxygen atoms in total. The Hall–Kier alpha value is -2.39. The number of hydrogen-bond acceptors (Lipinski definition) is 6. The summed E-state index contributed by atoms with van der Waals surface area (Å²) in [5, 5.41) is 5.90. The van der Waals surface area contributed by atoms with Crippen LogP contribution in [0.4, 0.5) is 4.79 Å². The molecule has 3 amide bonds. The number of urea groups is 1. The summed E-state index contributed by atoms with van der Waals surface area (Å²) in [5.41, 5.74) is 0.431. The predicted molar refractivity (Wildman–Crippen MR) is 114 cm³/mol. The van der Waals surface area contributed by atoms with Crippen LogP contribution in [0.3, 0.4) is 0 Å². The molecule has 0 radical (unpaired) electrons. The molecule has 0 aliphatic carbocycles. The van der Waals surface area contributed by atoms with Gasteiger partial charge in [0, 0.05) is 26.3 Å². The van der Waals surface area contributed by atoms with Gasteiger partial charge in [-0.1, -0.05) is 37.7 Å². The fraction of sp³-hybridized carbons (Fsp3) is 0.500. The van der Waals surface area contributed by atoms with E-state index in [1.165, 1.54) is 0 Å². The van der Waals surface area contributed by atoms with Gasteiger partial charge >= 0.3 is 6.03 Å². The van der Waals surface area contributed by atoms with Crippen molar-refractivity contribution in [2.75, 3.05) is 25.5 Å². The van der Waals surface area contributed by atoms with Gasteiger partial charge in [-0.15, -0.1) is 0 Å². The third-order valence-corrected chi connectivity index (χ3v) is 4.93. The van der Waals surface area contributed by atoms with E-state index in [9.17, 15) is 14.4 Å². The third kappa shape index (κ3) is 7.17. The number of nitrogens with one attached hydrogen (secondary N) is 2. The summed E-state index contributed by atoms with van der Waals surface area (Å²) in [6.07, 6.45) is 0.658. The molecule has 0 fully saturated rings. The second-order valence-corrected chi connectivity index (χ2v) is 7.80. The molecule has 2 rings (SSSR count). The molecule has 1 aromatic carbocycles. The van der Waals surface area contributed by atoms with Gasteiger partial charge in [-0.05, 0) is 31.4 Å². The average Bonchev–Trinajstić information content (AvgIpc) is 2.69. The van der Waals surface area contributed by atoms with Crippen molar-refractivity contribution in [3.8, 4) is 0 Å². The summed E-state index contributed by atoms with van der Waals surface area (Å²) in [4.78, 5) is 41.3. The van der Waals surface area contributed by atoms with Crippen LogP contribution in [0.1, 0.15) is 27.2 Å². The third-order valence-electron chi connectivity index (χ3n) is 3.96. The molecule has 0 aliphatic rings. The Kier molecular flexibility index (Phi) is 9.14. The zero-order chi connectivity index (χ0) is 21.2. The molecule has 9 heteroatoms. The number of rotatable bonds is 10. The molecular weight excluding hydrogens is 392 g/mol. The maximum absolute atomic E-state index is 12.9. The van der Waals surface area contributed by atoms with E-state index in [1.807, 2.05) is 26.8 Å². The Morgan fingerprint density at radius 3 is 2.76 bits per heavy atom. The predicted octanol–water partition coefficient (Wildman–Crippen LogP) is 2.40. The molecule has 2 aromatic rings. The summed E-state index contributed by atoms with van der Waals surface area (Å²) in [7, 11) is 0. The second-order valence-electron chi connectivity index (χ2n) is 6.86. The molecule has 1 heterocycles. The topological polar surface area (TPSA) is 102 Å². The highest BCUT2D eigenvalue weighted by Gasteiger charge is 2.14. The summed E-state index contributed by atoms with van der Waals surface area (Å²) in [6, 6.07) is 6.60. The van der Waals surface area contributed by atoms with Crippen LogP contribution in [0.2, 0.25) is 0 Å². The van der Waals surface area contributed by atoms with Crippen LogP contribution in [-0.2, 0) is 16.1 Å². The van der Waals surface area contributed by atoms with Gasteiger partial charge in [0.1, 0.15) is 0 Å². The largest absolute Gasteiger partial charge is 0.382 e. The van der Waals surface area contributed by atoms with Crippen LogP contribution in [0.5, 0.6) is 0 Å². The first-order chi connectivity index (χ1) is 13.9. The van der Waals surface area contributed by atoms with Crippen molar-refractivity contribution in [2.45, 2.75) is 38.9 Å². The van der Waals surface area contributed by atoms with E-state index < -0.39 is 11.9 Å². The number of nitrogens with zero attached hydrogens (tertiary/aromatic N) is 2. The Balaban J connectivity index is 2.10. The van der Waals surface area contributed by atoms with Crippen LogP contribution < -0.4 is 16.2 Å². The van der Waals surface area contributed by atoms with Gasteiger partial charge in [-0.2, -0.15) is 0 Å². The first-order valence-corrected chi connectivity index (χ1v) is 10.7. The number of aromatic nitrogens is 2. The molecule has 158 valence electrons. The fourth-order valence-electron chi connectivity index (χ4n) is 2.56. The lowest BCUT2D eigenvalue weighted by molar-refractivity contribution is -0.117. The number of para-hydroxylation sites is 1. The second kappa shape index (κ2) is 11.6. The molecule has 0 spiro atoms. The summed E-state index contributed by atoms with van der Waals surface area (Å²) in [6.45, 7) is 7.93. The Labute approximate surface area is 174 Å². The van der Waals surface area contributed by atoms with Crippen LogP contribution in [0, 0.1) is 5.92 Å². The smallest absolute Gasteiger partial charge is 0.321 e. The minimum absolute atomic E-state index is 0.0225. The number of fused-ring (bicyclic) bond motifs is 1. The summed E-state index contributed by atoms with van der Waals surface area (Å²) in [5.74, 6) is -0.177. The fourth-order valence-corrected chi connectivity index (χ4v) is 3.38. The molecule has 0 aliphatic heterocycles. The van der Waals surface area contributed by atoms with Gasteiger partial charge in [0.05, 0.1) is 16.7 Å². The standard InChI is InChI=1S/C20H28N4O4S/c1-4-28-11-7-10-24-18(26)15-8-5-6-9-16(15)22-20(24)29-13-17(25)23-19(27)21-12-14(2)3/h5-6,8-9,14H,4,7,10-13H2,1-3H3,(H2,21,23,25,27). The molecule has 0 saturated heterocycles. The molecule has 29 heavy (non-hydrogen) atoms. The van der Waals surface area contributed by atoms with Gasteiger partial charge in [0.25, 0.3) is 5.56 Å². The van der Waals surface area contributed by atoms with Crippen molar-refractivity contribution in [2.24, 2.45) is 5.92 Å². The normalized spacial score (nSPS) is 11.0. The zero-order valence-electron chi connectivity index (χ0n) is 17.1. The van der Waals surface area contributed by atoms with E-state index in [2.05, 4.69) is 15.6 Å². The van der Waals surface area contributed by atoms with Crippen molar-refractivity contribution in [3.05, 3.63) is 34.6 Å². The molecule has 1 aromatic heterocycles. The average molecular weight is 421 g/mol. The van der Waals surface area contributed by atoms with Gasteiger partial charge in [-0.25, -0.2) is 9.78 Å². The van der Waals surface area contributed by atoms with E-state index in [1.54, 1.807) is 22.8 Å². The highest BCUT2D eigenvalue weighted by Crippen LogP contribution is 2.18. The number of amides is 3. The monoisotopic (exact) mass is 420 g/mol. The van der Waals surface area contributed by atoms with E-state index in [0.29, 0.717) is 48.8 Å². The quantitative estimate of drug-likeness (QED) is 0.348. The van der Waals surface area contributed by atoms with Crippen LogP contribution in [0.25, 0.3) is 10.9 Å². The van der Waals surface area contributed by atoms with Gasteiger partial charge in [0.2, 0.25) is 5.91 Å². The minimum Gasteiger partial charge on any atom is -0.382 e. The highest BCUT2D eigenvalue weighted by atomic mass is 32.2. The number of ether oxygens (including phenoxy) is 1. The number of carbonyl (C=O) groups excluding carboxylic acids is 2. The first kappa shape index (κ1) is 22.9. The SMILES string of the molecule is CCOCCCn1c(SCC(=O)NC(=O)NCC(C)C)nc2ccccc2c1=O. The van der Waals surface area contributed by atoms with Gasteiger partial charge in [0.15, 0.2) is 5.16 Å². The maximum Gasteiger partial charge on any atom is 0.321 e. The van der Waals surface area contributed by atoms with E-state index in [0.717, 1.165) is 11.8 Å². The number of imide groups is 1. The van der Waals surface area contributed by atoms with Crippen LogP contribution in [0.15, 0.2) is 34.2 Å². The number of carbonyl (C=O) groups is 2. The molecule has 0 bridgehead atoms. The molecule has 2 N–H and O–H groups in total. The van der Waals surface area contributed by atoms with E-state index in [4.69, 9.17) is 4.74 Å². The van der Waals surface area contributed by atoms with Crippen molar-refractivity contribution in [1.82, 2.24) is 20.2 Å². The Morgan fingerprint density at radius 1 is 1.28 bits per heavy atom. The lowest BCUT2D eigenvalue weighted by Gasteiger charge is -2.13. The number of hydrogen-bond donors (Lipinski definition) is 2. The lowest BCUT2D eigenvalue weighted by atomic mass is 10.2. The van der Waals surface area contributed by atoms with Gasteiger partial charge < -0.3 is 10.1 Å². The van der Waals surface area contributed by atoms with Crippen molar-refractivity contribution < 1.29 is 14.3 Å². The summed E-state index contributed by atoms with van der Waals surface area (Å²) < 4.78 is 6.92. The van der Waals surface area contributed by atoms with Crippen LogP contribution >= 0.6 is 11.8 Å². The van der Waals surface area contributed by atoms with E-state index in [-0.39, 0.29) is 17.2 Å². The van der Waals surface area contributed by atoms with Crippen molar-refractivity contribution in [1.29, 1.82) is 0 Å². The highest BCUT2D eigenvalue weighted by molar-refractivity contribution is 7.99. The Morgan fingerprint density at radius 2 is 2.03 bits per heavy atom. The maximum atomic E-state index is 12.9. The summed E-state index contributed by atoms with van der Waals surface area (Å²) >= 11 is 1.13. The lowest BCUT2D eigenvalue weighted by Crippen LogP contribution is -2.41.